The number of hydrogen-bond acceptors (Lipinski definition) is 2. The zero-order valence-corrected chi connectivity index (χ0v) is 10.1. The van der Waals surface area contributed by atoms with Gasteiger partial charge in [-0.15, -0.1) is 0 Å². The molecule has 1 aromatic rings. The monoisotopic (exact) mass is 298 g/mol. The van der Waals surface area contributed by atoms with Crippen LogP contribution in [0.1, 0.15) is 6.42 Å². The first-order chi connectivity index (χ1) is 7.42. The van der Waals surface area contributed by atoms with E-state index in [-0.39, 0.29) is 6.61 Å². The Morgan fingerprint density at radius 1 is 1.31 bits per heavy atom. The van der Waals surface area contributed by atoms with Crippen LogP contribution in [0.2, 0.25) is 0 Å². The Labute approximate surface area is 99.5 Å². The Balaban J connectivity index is 2.52. The Morgan fingerprint density at radius 2 is 2.00 bits per heavy atom. The number of alkyl halides is 3. The molecule has 2 nitrogen and oxygen atoms in total. The lowest BCUT2D eigenvalue weighted by Crippen LogP contribution is -2.12. The summed E-state index contributed by atoms with van der Waals surface area (Å²) in [6, 6.07) is 4.74. The molecule has 0 radical (unpaired) electrons. The molecule has 0 aliphatic rings. The molecular weight excluding hydrogens is 289 g/mol. The second kappa shape index (κ2) is 5.43. The fraction of sp³-hybridized carbons (Fsp3) is 0.400. The molecule has 0 fully saturated rings. The Morgan fingerprint density at radius 3 is 2.50 bits per heavy atom. The maximum absolute atomic E-state index is 11.8. The van der Waals surface area contributed by atoms with Gasteiger partial charge in [0.25, 0.3) is 0 Å². The maximum atomic E-state index is 11.8. The Hall–Kier alpha value is -0.910. The second-order valence-electron chi connectivity index (χ2n) is 3.01. The normalized spacial score (nSPS) is 11.3. The molecular formula is C10H10BrF3O2. The fourth-order valence-electron chi connectivity index (χ4n) is 1.02. The summed E-state index contributed by atoms with van der Waals surface area (Å²) in [5, 5.41) is 0. The van der Waals surface area contributed by atoms with Crippen LogP contribution in [0.15, 0.2) is 22.7 Å². The van der Waals surface area contributed by atoms with E-state index in [0.717, 1.165) is 0 Å². The molecule has 6 heteroatoms. The number of ether oxygens (including phenoxy) is 2. The third kappa shape index (κ3) is 4.30. The summed E-state index contributed by atoms with van der Waals surface area (Å²) in [5.74, 6) is 0.972. The average molecular weight is 299 g/mol. The van der Waals surface area contributed by atoms with Crippen molar-refractivity contribution < 1.29 is 22.6 Å². The molecule has 0 aliphatic heterocycles. The highest BCUT2D eigenvalue weighted by Gasteiger charge is 2.26. The molecule has 0 N–H and O–H groups in total. The molecule has 0 saturated heterocycles. The first kappa shape index (κ1) is 13.2. The summed E-state index contributed by atoms with van der Waals surface area (Å²) in [4.78, 5) is 0. The van der Waals surface area contributed by atoms with Gasteiger partial charge >= 0.3 is 6.18 Å². The van der Waals surface area contributed by atoms with Crippen molar-refractivity contribution in [1.82, 2.24) is 0 Å². The van der Waals surface area contributed by atoms with Crippen molar-refractivity contribution >= 4 is 15.9 Å². The first-order valence-corrected chi connectivity index (χ1v) is 5.25. The van der Waals surface area contributed by atoms with Crippen LogP contribution in [0, 0.1) is 0 Å². The van der Waals surface area contributed by atoms with Crippen LogP contribution in [0.5, 0.6) is 11.5 Å². The van der Waals surface area contributed by atoms with E-state index in [1.165, 1.54) is 7.11 Å². The van der Waals surface area contributed by atoms with Crippen LogP contribution in [0.3, 0.4) is 0 Å². The Bertz CT molecular complexity index is 352. The lowest BCUT2D eigenvalue weighted by Gasteiger charge is -2.10. The highest BCUT2D eigenvalue weighted by molar-refractivity contribution is 9.10. The zero-order valence-electron chi connectivity index (χ0n) is 8.47. The van der Waals surface area contributed by atoms with Gasteiger partial charge in [0.2, 0.25) is 0 Å². The van der Waals surface area contributed by atoms with Crippen molar-refractivity contribution in [3.8, 4) is 11.5 Å². The van der Waals surface area contributed by atoms with Crippen LogP contribution in [0.4, 0.5) is 13.2 Å². The third-order valence-corrected chi connectivity index (χ3v) is 2.40. The van der Waals surface area contributed by atoms with Gasteiger partial charge in [0.05, 0.1) is 24.6 Å². The van der Waals surface area contributed by atoms with Crippen LogP contribution in [-0.2, 0) is 0 Å². The molecule has 90 valence electrons. The minimum Gasteiger partial charge on any atom is -0.496 e. The van der Waals surface area contributed by atoms with Gasteiger partial charge in [-0.2, -0.15) is 13.2 Å². The molecule has 0 bridgehead atoms. The molecule has 1 rings (SSSR count). The predicted octanol–water partition coefficient (Wildman–Crippen LogP) is 3.79. The summed E-state index contributed by atoms with van der Waals surface area (Å²) < 4.78 is 46.1. The molecule has 0 heterocycles. The van der Waals surface area contributed by atoms with Gasteiger partial charge < -0.3 is 9.47 Å². The van der Waals surface area contributed by atoms with E-state index >= 15 is 0 Å². The maximum Gasteiger partial charge on any atom is 0.392 e. The van der Waals surface area contributed by atoms with E-state index in [0.29, 0.717) is 16.0 Å². The standard InChI is InChI=1S/C10H10BrF3O2/c1-15-9-3-2-7(6-8(9)11)16-5-4-10(12,13)14/h2-3,6H,4-5H2,1H3. The molecule has 0 aliphatic carbocycles. The third-order valence-electron chi connectivity index (χ3n) is 1.78. The van der Waals surface area contributed by atoms with E-state index in [4.69, 9.17) is 9.47 Å². The van der Waals surface area contributed by atoms with Crippen molar-refractivity contribution in [2.45, 2.75) is 12.6 Å². The minimum atomic E-state index is -4.19. The number of rotatable bonds is 4. The SMILES string of the molecule is COc1ccc(OCCC(F)(F)F)cc1Br. The summed E-state index contributed by atoms with van der Waals surface area (Å²) in [6.45, 7) is -0.387. The van der Waals surface area contributed by atoms with Crippen molar-refractivity contribution in [2.24, 2.45) is 0 Å². The average Bonchev–Trinajstić information content (AvgIpc) is 2.16. The quantitative estimate of drug-likeness (QED) is 0.842. The van der Waals surface area contributed by atoms with Crippen molar-refractivity contribution in [1.29, 1.82) is 0 Å². The molecule has 0 saturated carbocycles. The largest absolute Gasteiger partial charge is 0.496 e. The van der Waals surface area contributed by atoms with Gasteiger partial charge in [-0.3, -0.25) is 0 Å². The van der Waals surface area contributed by atoms with E-state index in [1.54, 1.807) is 18.2 Å². The summed E-state index contributed by atoms with van der Waals surface area (Å²) in [6.07, 6.45) is -5.15. The molecule has 16 heavy (non-hydrogen) atoms. The highest BCUT2D eigenvalue weighted by atomic mass is 79.9. The van der Waals surface area contributed by atoms with E-state index in [1.807, 2.05) is 0 Å². The summed E-state index contributed by atoms with van der Waals surface area (Å²) in [7, 11) is 1.50. The van der Waals surface area contributed by atoms with E-state index < -0.39 is 12.6 Å². The topological polar surface area (TPSA) is 18.5 Å². The lowest BCUT2D eigenvalue weighted by molar-refractivity contribution is -0.139. The van der Waals surface area contributed by atoms with Crippen LogP contribution >= 0.6 is 15.9 Å². The van der Waals surface area contributed by atoms with Crippen LogP contribution in [-0.4, -0.2) is 19.9 Å². The molecule has 0 spiro atoms. The molecule has 0 amide bonds. The van der Waals surface area contributed by atoms with E-state index in [2.05, 4.69) is 15.9 Å². The van der Waals surface area contributed by atoms with Gasteiger partial charge in [-0.25, -0.2) is 0 Å². The second-order valence-corrected chi connectivity index (χ2v) is 3.86. The molecule has 0 aromatic heterocycles. The van der Waals surface area contributed by atoms with Gasteiger partial charge in [-0.1, -0.05) is 0 Å². The number of halogens is 4. The molecule has 0 atom stereocenters. The minimum absolute atomic E-state index is 0.372. The van der Waals surface area contributed by atoms with Gasteiger partial charge in [-0.05, 0) is 34.1 Å². The number of benzene rings is 1. The zero-order chi connectivity index (χ0) is 12.2. The smallest absolute Gasteiger partial charge is 0.392 e. The summed E-state index contributed by atoms with van der Waals surface area (Å²) >= 11 is 3.21. The number of hydrogen-bond donors (Lipinski definition) is 0. The van der Waals surface area contributed by atoms with Crippen molar-refractivity contribution in [3.05, 3.63) is 22.7 Å². The highest BCUT2D eigenvalue weighted by Crippen LogP contribution is 2.29. The molecule has 0 unspecified atom stereocenters. The van der Waals surface area contributed by atoms with Gasteiger partial charge in [0.1, 0.15) is 11.5 Å². The molecule has 1 aromatic carbocycles. The van der Waals surface area contributed by atoms with Crippen molar-refractivity contribution in [2.75, 3.05) is 13.7 Å². The lowest BCUT2D eigenvalue weighted by atomic mass is 10.3. The first-order valence-electron chi connectivity index (χ1n) is 4.45. The number of methoxy groups -OCH3 is 1. The van der Waals surface area contributed by atoms with Crippen molar-refractivity contribution in [3.63, 3.8) is 0 Å². The van der Waals surface area contributed by atoms with Crippen LogP contribution in [0.25, 0.3) is 0 Å². The van der Waals surface area contributed by atoms with E-state index in [9.17, 15) is 13.2 Å². The predicted molar refractivity (Wildman–Crippen MR) is 56.9 cm³/mol. The summed E-state index contributed by atoms with van der Waals surface area (Å²) in [5.41, 5.74) is 0. The fourth-order valence-corrected chi connectivity index (χ4v) is 1.54. The van der Waals surface area contributed by atoms with Gasteiger partial charge in [0, 0.05) is 0 Å². The van der Waals surface area contributed by atoms with Gasteiger partial charge in [0.15, 0.2) is 0 Å². The van der Waals surface area contributed by atoms with Crippen LogP contribution < -0.4 is 9.47 Å². The Kier molecular flexibility index (Phi) is 4.46.